The minimum atomic E-state index is -0.466. The fourth-order valence-corrected chi connectivity index (χ4v) is 2.12. The highest BCUT2D eigenvalue weighted by Gasteiger charge is 2.11. The Hall–Kier alpha value is -2.82. The van der Waals surface area contributed by atoms with E-state index in [9.17, 15) is 9.59 Å². The first-order valence-electron chi connectivity index (χ1n) is 8.86. The predicted octanol–water partition coefficient (Wildman–Crippen LogP) is 4.65. The summed E-state index contributed by atoms with van der Waals surface area (Å²) in [4.78, 5) is 23.9. The molecule has 138 valence electrons. The third-order valence-electron chi connectivity index (χ3n) is 3.59. The molecule has 5 heteroatoms. The van der Waals surface area contributed by atoms with E-state index >= 15 is 0 Å². The van der Waals surface area contributed by atoms with Crippen LogP contribution in [0.2, 0.25) is 0 Å². The summed E-state index contributed by atoms with van der Waals surface area (Å²) in [5.41, 5.74) is 0.853. The molecule has 2 aromatic carbocycles. The second kappa shape index (κ2) is 10.2. The van der Waals surface area contributed by atoms with Gasteiger partial charge in [-0.3, -0.25) is 0 Å². The van der Waals surface area contributed by atoms with Gasteiger partial charge in [-0.1, -0.05) is 20.3 Å². The molecule has 0 N–H and O–H groups in total. The van der Waals surface area contributed by atoms with Crippen LogP contribution in [0.1, 0.15) is 53.8 Å². The van der Waals surface area contributed by atoms with E-state index in [0.717, 1.165) is 25.0 Å². The minimum Gasteiger partial charge on any atom is -0.494 e. The van der Waals surface area contributed by atoms with Gasteiger partial charge in [-0.2, -0.15) is 0 Å². The van der Waals surface area contributed by atoms with Crippen LogP contribution in [0.5, 0.6) is 11.5 Å². The molecule has 26 heavy (non-hydrogen) atoms. The number of esters is 2. The number of hydrogen-bond acceptors (Lipinski definition) is 5. The van der Waals surface area contributed by atoms with Crippen molar-refractivity contribution < 1.29 is 23.8 Å². The summed E-state index contributed by atoms with van der Waals surface area (Å²) in [5.74, 6) is 0.241. The van der Waals surface area contributed by atoms with Gasteiger partial charge in [-0.15, -0.1) is 0 Å². The molecule has 5 nitrogen and oxygen atoms in total. The van der Waals surface area contributed by atoms with Gasteiger partial charge >= 0.3 is 11.9 Å². The molecular formula is C21H24O5. The summed E-state index contributed by atoms with van der Waals surface area (Å²) < 4.78 is 15.9. The van der Waals surface area contributed by atoms with Gasteiger partial charge in [-0.25, -0.2) is 9.59 Å². The Balaban J connectivity index is 1.91. The third-order valence-corrected chi connectivity index (χ3v) is 3.59. The molecule has 0 bridgehead atoms. The lowest BCUT2D eigenvalue weighted by atomic mass is 10.2. The van der Waals surface area contributed by atoms with Gasteiger partial charge in [-0.05, 0) is 61.4 Å². The Bertz CT molecular complexity index is 704. The van der Waals surface area contributed by atoms with Crippen LogP contribution >= 0.6 is 0 Å². The van der Waals surface area contributed by atoms with Crippen molar-refractivity contribution in [3.05, 3.63) is 59.7 Å². The average Bonchev–Trinajstić information content (AvgIpc) is 2.67. The van der Waals surface area contributed by atoms with E-state index < -0.39 is 5.97 Å². The first-order chi connectivity index (χ1) is 12.6. The molecule has 0 fully saturated rings. The smallest absolute Gasteiger partial charge is 0.343 e. The molecule has 0 atom stereocenters. The first kappa shape index (κ1) is 19.5. The van der Waals surface area contributed by atoms with Crippen LogP contribution in [0.3, 0.4) is 0 Å². The van der Waals surface area contributed by atoms with Crippen molar-refractivity contribution in [2.24, 2.45) is 0 Å². The molecule has 0 aliphatic carbocycles. The summed E-state index contributed by atoms with van der Waals surface area (Å²) in [6.07, 6.45) is 2.83. The summed E-state index contributed by atoms with van der Waals surface area (Å²) in [6, 6.07) is 13.1. The lowest BCUT2D eigenvalue weighted by molar-refractivity contribution is 0.0505. The Kier molecular flexibility index (Phi) is 7.68. The van der Waals surface area contributed by atoms with Crippen molar-refractivity contribution in [3.63, 3.8) is 0 Å². The summed E-state index contributed by atoms with van der Waals surface area (Å²) >= 11 is 0. The molecule has 2 rings (SSSR count). The van der Waals surface area contributed by atoms with Crippen LogP contribution in [0.25, 0.3) is 0 Å². The zero-order chi connectivity index (χ0) is 18.8. The van der Waals surface area contributed by atoms with E-state index in [-0.39, 0.29) is 5.97 Å². The normalized spacial score (nSPS) is 10.2. The van der Waals surface area contributed by atoms with Crippen molar-refractivity contribution >= 4 is 11.9 Å². The SMILES string of the molecule is CCCCOc1ccc(C(=O)Oc2ccc(C(=O)OCCC)cc2)cc1. The highest BCUT2D eigenvalue weighted by Crippen LogP contribution is 2.17. The topological polar surface area (TPSA) is 61.8 Å². The number of rotatable bonds is 9. The van der Waals surface area contributed by atoms with E-state index in [4.69, 9.17) is 14.2 Å². The zero-order valence-electron chi connectivity index (χ0n) is 15.2. The van der Waals surface area contributed by atoms with Crippen molar-refractivity contribution in [2.45, 2.75) is 33.1 Å². The van der Waals surface area contributed by atoms with Crippen molar-refractivity contribution in [1.29, 1.82) is 0 Å². The second-order valence-corrected chi connectivity index (χ2v) is 5.78. The molecule has 0 saturated carbocycles. The number of hydrogen-bond donors (Lipinski definition) is 0. The Morgan fingerprint density at radius 2 is 1.31 bits per heavy atom. The maximum absolute atomic E-state index is 12.2. The summed E-state index contributed by atoms with van der Waals surface area (Å²) in [6.45, 7) is 5.07. The molecule has 0 saturated heterocycles. The van der Waals surface area contributed by atoms with Crippen LogP contribution < -0.4 is 9.47 Å². The molecule has 2 aromatic rings. The standard InChI is InChI=1S/C21H24O5/c1-3-5-15-24-18-10-6-17(7-11-18)21(23)26-19-12-8-16(9-13-19)20(22)25-14-4-2/h6-13H,3-5,14-15H2,1-2H3. The largest absolute Gasteiger partial charge is 0.494 e. The number of ether oxygens (including phenoxy) is 3. The molecule has 0 radical (unpaired) electrons. The number of carbonyl (C=O) groups excluding carboxylic acids is 2. The van der Waals surface area contributed by atoms with Crippen LogP contribution in [0.15, 0.2) is 48.5 Å². The molecule has 0 unspecified atom stereocenters. The maximum Gasteiger partial charge on any atom is 0.343 e. The third kappa shape index (κ3) is 5.92. The average molecular weight is 356 g/mol. The minimum absolute atomic E-state index is 0.366. The molecule has 0 aromatic heterocycles. The second-order valence-electron chi connectivity index (χ2n) is 5.78. The lowest BCUT2D eigenvalue weighted by Gasteiger charge is -2.08. The molecule has 0 aliphatic heterocycles. The quantitative estimate of drug-likeness (QED) is 0.372. The van der Waals surface area contributed by atoms with Gasteiger partial charge in [0, 0.05) is 0 Å². The van der Waals surface area contributed by atoms with Crippen LogP contribution in [0.4, 0.5) is 0 Å². The van der Waals surface area contributed by atoms with Gasteiger partial charge in [0.2, 0.25) is 0 Å². The summed E-state index contributed by atoms with van der Waals surface area (Å²) in [7, 11) is 0. The highest BCUT2D eigenvalue weighted by atomic mass is 16.5. The van der Waals surface area contributed by atoms with E-state index in [1.165, 1.54) is 0 Å². The van der Waals surface area contributed by atoms with E-state index in [1.54, 1.807) is 48.5 Å². The monoisotopic (exact) mass is 356 g/mol. The van der Waals surface area contributed by atoms with Gasteiger partial charge in [0.25, 0.3) is 0 Å². The van der Waals surface area contributed by atoms with Crippen molar-refractivity contribution in [2.75, 3.05) is 13.2 Å². The number of carbonyl (C=O) groups is 2. The maximum atomic E-state index is 12.2. The van der Waals surface area contributed by atoms with Crippen molar-refractivity contribution in [3.8, 4) is 11.5 Å². The first-order valence-corrected chi connectivity index (χ1v) is 8.86. The van der Waals surface area contributed by atoms with Crippen LogP contribution in [0, 0.1) is 0 Å². The summed E-state index contributed by atoms with van der Waals surface area (Å²) in [5, 5.41) is 0. The van der Waals surface area contributed by atoms with Crippen LogP contribution in [-0.2, 0) is 4.74 Å². The molecular weight excluding hydrogens is 332 g/mol. The van der Waals surface area contributed by atoms with Crippen LogP contribution in [-0.4, -0.2) is 25.2 Å². The van der Waals surface area contributed by atoms with Gasteiger partial charge < -0.3 is 14.2 Å². The molecule has 0 aliphatic rings. The van der Waals surface area contributed by atoms with E-state index in [1.807, 2.05) is 6.92 Å². The highest BCUT2D eigenvalue weighted by molar-refractivity contribution is 5.92. The van der Waals surface area contributed by atoms with E-state index in [2.05, 4.69) is 6.92 Å². The molecule has 0 heterocycles. The molecule has 0 spiro atoms. The van der Waals surface area contributed by atoms with Gasteiger partial charge in [0.15, 0.2) is 0 Å². The van der Waals surface area contributed by atoms with E-state index in [0.29, 0.717) is 30.1 Å². The molecule has 0 amide bonds. The predicted molar refractivity (Wildman–Crippen MR) is 98.8 cm³/mol. The fourth-order valence-electron chi connectivity index (χ4n) is 2.12. The van der Waals surface area contributed by atoms with Gasteiger partial charge in [0.05, 0.1) is 24.3 Å². The lowest BCUT2D eigenvalue weighted by Crippen LogP contribution is -2.09. The van der Waals surface area contributed by atoms with Gasteiger partial charge in [0.1, 0.15) is 11.5 Å². The number of benzene rings is 2. The Morgan fingerprint density at radius 1 is 0.731 bits per heavy atom. The Morgan fingerprint density at radius 3 is 1.88 bits per heavy atom. The Labute approximate surface area is 153 Å². The zero-order valence-corrected chi connectivity index (χ0v) is 15.2. The number of unbranched alkanes of at least 4 members (excludes halogenated alkanes) is 1. The fraction of sp³-hybridized carbons (Fsp3) is 0.333. The van der Waals surface area contributed by atoms with Crippen molar-refractivity contribution in [1.82, 2.24) is 0 Å².